The predicted octanol–water partition coefficient (Wildman–Crippen LogP) is 1.51. The van der Waals surface area contributed by atoms with Gasteiger partial charge in [-0.25, -0.2) is 0 Å². The molecule has 1 rings (SSSR count). The molecule has 1 aromatic carbocycles. The Bertz CT molecular complexity index is 485. The molecule has 0 aliphatic heterocycles. The minimum atomic E-state index is -3.93. The summed E-state index contributed by atoms with van der Waals surface area (Å²) in [5.41, 5.74) is 0.525. The molecule has 0 fully saturated rings. The molecule has 8 heteroatoms. The van der Waals surface area contributed by atoms with E-state index in [2.05, 4.69) is 5.32 Å². The van der Waals surface area contributed by atoms with Crippen LogP contribution in [0.1, 0.15) is 0 Å². The average molecular weight is 283 g/mol. The van der Waals surface area contributed by atoms with E-state index in [0.717, 1.165) is 0 Å². The first-order valence-electron chi connectivity index (χ1n) is 4.06. The maximum absolute atomic E-state index is 11.2. The van der Waals surface area contributed by atoms with Crippen LogP contribution in [-0.2, 0) is 24.2 Å². The third-order valence-corrected chi connectivity index (χ3v) is 3.69. The third kappa shape index (κ3) is 5.38. The number of carbonyl (C=O) groups excluding carboxylic acids is 1. The van der Waals surface area contributed by atoms with Crippen LogP contribution in [0.2, 0.25) is 5.02 Å². The van der Waals surface area contributed by atoms with Crippen molar-refractivity contribution in [1.82, 2.24) is 0 Å². The van der Waals surface area contributed by atoms with Crippen LogP contribution in [0.3, 0.4) is 0 Å². The minimum absolute atomic E-state index is 0.265. The van der Waals surface area contributed by atoms with Crippen molar-refractivity contribution < 1.29 is 18.1 Å². The van der Waals surface area contributed by atoms with Gasteiger partial charge < -0.3 is 5.32 Å². The summed E-state index contributed by atoms with van der Waals surface area (Å²) < 4.78 is 27.5. The lowest BCUT2D eigenvalue weighted by atomic mass is 10.3. The lowest BCUT2D eigenvalue weighted by Gasteiger charge is -1.99. The Morgan fingerprint density at radius 1 is 1.38 bits per heavy atom. The molecule has 0 heterocycles. The Labute approximate surface area is 101 Å². The molecule has 0 unspecified atom stereocenters. The van der Waals surface area contributed by atoms with E-state index >= 15 is 0 Å². The molecule has 0 spiro atoms. The zero-order chi connectivity index (χ0) is 12.2. The van der Waals surface area contributed by atoms with E-state index in [1.54, 1.807) is 24.3 Å². The van der Waals surface area contributed by atoms with Crippen molar-refractivity contribution in [3.8, 4) is 0 Å². The molecule has 0 aromatic heterocycles. The molecule has 1 aromatic rings. The maximum atomic E-state index is 11.2. The molecule has 1 amide bonds. The molecule has 0 saturated heterocycles. The second kappa shape index (κ2) is 5.55. The van der Waals surface area contributed by atoms with Gasteiger partial charge in [-0.15, -0.1) is 0 Å². The number of rotatable bonds is 3. The molecule has 16 heavy (non-hydrogen) atoms. The highest BCUT2D eigenvalue weighted by Gasteiger charge is 2.15. The third-order valence-electron chi connectivity index (χ3n) is 1.47. The van der Waals surface area contributed by atoms with Gasteiger partial charge in [-0.2, -0.15) is 4.21 Å². The Hall–Kier alpha value is -0.730. The largest absolute Gasteiger partial charge is 0.430 e. The number of anilines is 1. The predicted molar refractivity (Wildman–Crippen MR) is 65.7 cm³/mol. The SMILES string of the molecule is O=C(C[S+]=S(=O)(O)O)Nc1ccc(Cl)cc1. The number of nitrogens with one attached hydrogen (secondary N) is 1. The second-order valence-corrected chi connectivity index (χ2v) is 6.63. The van der Waals surface area contributed by atoms with E-state index in [-0.39, 0.29) is 16.1 Å². The highest BCUT2D eigenvalue weighted by molar-refractivity contribution is 8.34. The van der Waals surface area contributed by atoms with Crippen molar-refractivity contribution in [1.29, 1.82) is 0 Å². The Morgan fingerprint density at radius 2 is 1.94 bits per heavy atom. The first-order valence-corrected chi connectivity index (χ1v) is 7.41. The molecular weight excluding hydrogens is 274 g/mol. The fourth-order valence-electron chi connectivity index (χ4n) is 0.861. The van der Waals surface area contributed by atoms with E-state index in [4.69, 9.17) is 20.7 Å². The van der Waals surface area contributed by atoms with E-state index in [1.807, 2.05) is 0 Å². The van der Waals surface area contributed by atoms with Gasteiger partial charge in [0.05, 0.1) is 0 Å². The van der Waals surface area contributed by atoms with E-state index in [1.165, 1.54) is 0 Å². The minimum Gasteiger partial charge on any atom is -0.321 e. The van der Waals surface area contributed by atoms with Gasteiger partial charge in [0.25, 0.3) is 11.7 Å². The summed E-state index contributed by atoms with van der Waals surface area (Å²) in [5.74, 6) is -0.794. The number of amides is 1. The zero-order valence-corrected chi connectivity index (χ0v) is 10.3. The topological polar surface area (TPSA) is 86.6 Å². The number of halogens is 1. The monoisotopic (exact) mass is 282 g/mol. The zero-order valence-electron chi connectivity index (χ0n) is 7.92. The van der Waals surface area contributed by atoms with Crippen LogP contribution < -0.4 is 5.32 Å². The molecule has 5 nitrogen and oxygen atoms in total. The number of benzene rings is 1. The first kappa shape index (κ1) is 13.3. The van der Waals surface area contributed by atoms with Crippen molar-refractivity contribution in [2.45, 2.75) is 0 Å². The summed E-state index contributed by atoms with van der Waals surface area (Å²) in [6.07, 6.45) is 0. The van der Waals surface area contributed by atoms with Crippen molar-refractivity contribution in [3.05, 3.63) is 29.3 Å². The lowest BCUT2D eigenvalue weighted by molar-refractivity contribution is -0.113. The first-order chi connectivity index (χ1) is 7.37. The van der Waals surface area contributed by atoms with Crippen LogP contribution in [0.5, 0.6) is 0 Å². The van der Waals surface area contributed by atoms with Gasteiger partial charge in [0.2, 0.25) is 0 Å². The number of hydrogen-bond donors (Lipinski definition) is 3. The molecule has 0 atom stereocenters. The van der Waals surface area contributed by atoms with Crippen molar-refractivity contribution in [2.24, 2.45) is 0 Å². The summed E-state index contributed by atoms with van der Waals surface area (Å²) in [6.45, 7) is 0. The Morgan fingerprint density at radius 3 is 2.44 bits per heavy atom. The van der Waals surface area contributed by atoms with Crippen LogP contribution in [0.15, 0.2) is 24.3 Å². The summed E-state index contributed by atoms with van der Waals surface area (Å²) in [5, 5.41) is 3.02. The number of carbonyl (C=O) groups is 1. The second-order valence-electron chi connectivity index (χ2n) is 2.77. The molecule has 0 radical (unpaired) electrons. The van der Waals surface area contributed by atoms with E-state index < -0.39 is 15.0 Å². The van der Waals surface area contributed by atoms with Crippen LogP contribution >= 0.6 is 11.6 Å². The van der Waals surface area contributed by atoms with Gasteiger partial charge in [0, 0.05) is 10.7 Å². The molecule has 0 aliphatic rings. The molecule has 0 aliphatic carbocycles. The fraction of sp³-hybridized carbons (Fsp3) is 0.125. The quantitative estimate of drug-likeness (QED) is 0.734. The normalized spacial score (nSPS) is 10.9. The summed E-state index contributed by atoms with van der Waals surface area (Å²) in [7, 11) is -3.67. The van der Waals surface area contributed by atoms with Gasteiger partial charge >= 0.3 is 19.4 Å². The Balaban J connectivity index is 2.59. The van der Waals surface area contributed by atoms with Crippen molar-refractivity contribution in [3.63, 3.8) is 0 Å². The molecule has 0 saturated carbocycles. The van der Waals surface area contributed by atoms with Gasteiger partial charge in [-0.1, -0.05) is 11.6 Å². The highest BCUT2D eigenvalue weighted by Crippen LogP contribution is 2.12. The van der Waals surface area contributed by atoms with Gasteiger partial charge in [0.15, 0.2) is 0 Å². The number of hydrogen-bond acceptors (Lipinski definition) is 2. The smallest absolute Gasteiger partial charge is 0.321 e. The van der Waals surface area contributed by atoms with E-state index in [0.29, 0.717) is 10.7 Å². The summed E-state index contributed by atoms with van der Waals surface area (Å²) in [4.78, 5) is 11.2. The Kier molecular flexibility index (Phi) is 4.63. The lowest BCUT2D eigenvalue weighted by Crippen LogP contribution is -2.17. The average Bonchev–Trinajstić information content (AvgIpc) is 2.18. The van der Waals surface area contributed by atoms with Gasteiger partial charge in [-0.05, 0) is 24.3 Å². The molecule has 88 valence electrons. The van der Waals surface area contributed by atoms with Crippen LogP contribution in [0, 0.1) is 0 Å². The molecule has 0 bridgehead atoms. The van der Waals surface area contributed by atoms with Crippen LogP contribution in [-0.4, -0.2) is 25.0 Å². The summed E-state index contributed by atoms with van der Waals surface area (Å²) >= 11 is 5.65. The van der Waals surface area contributed by atoms with Gasteiger partial charge in [0.1, 0.15) is 0 Å². The fourth-order valence-corrected chi connectivity index (χ4v) is 2.10. The summed E-state index contributed by atoms with van der Waals surface area (Å²) in [6, 6.07) is 6.40. The van der Waals surface area contributed by atoms with Crippen molar-refractivity contribution >= 4 is 42.6 Å². The van der Waals surface area contributed by atoms with Crippen LogP contribution in [0.25, 0.3) is 0 Å². The molecule has 3 N–H and O–H groups in total. The maximum Gasteiger partial charge on any atom is 0.430 e. The molecular formula is C8H9ClNO4S2+. The van der Waals surface area contributed by atoms with Crippen molar-refractivity contribution in [2.75, 3.05) is 11.1 Å². The van der Waals surface area contributed by atoms with E-state index in [9.17, 15) is 9.00 Å². The van der Waals surface area contributed by atoms with Gasteiger partial charge in [-0.3, -0.25) is 13.9 Å². The van der Waals surface area contributed by atoms with Crippen LogP contribution in [0.4, 0.5) is 5.69 Å². The highest BCUT2D eigenvalue weighted by atomic mass is 35.5. The standard InChI is InChI=1S/C8H8ClNO4S2/c9-6-1-3-7(4-2-6)10-8(11)5-15-16(12,13)14/h1-4H,5H2,(H2-,10,11,12,13,14)/p+1.